The molecule has 0 spiro atoms. The number of carbonyl (C=O) groups is 3. The van der Waals surface area contributed by atoms with Crippen LogP contribution in [0.4, 0.5) is 14.9 Å². The van der Waals surface area contributed by atoms with Crippen molar-refractivity contribution in [1.82, 2.24) is 16.0 Å². The molecule has 220 valence electrons. The van der Waals surface area contributed by atoms with Crippen LogP contribution in [0.15, 0.2) is 40.8 Å². The second-order valence-electron chi connectivity index (χ2n) is 10.8. The lowest BCUT2D eigenvalue weighted by Gasteiger charge is -2.25. The summed E-state index contributed by atoms with van der Waals surface area (Å²) in [5, 5.41) is 8.41. The highest BCUT2D eigenvalue weighted by atomic mass is 32.2. The lowest BCUT2D eigenvalue weighted by molar-refractivity contribution is -0.120. The Labute approximate surface area is 240 Å². The summed E-state index contributed by atoms with van der Waals surface area (Å²) in [6, 6.07) is 9.39. The highest BCUT2D eigenvalue weighted by molar-refractivity contribution is 7.85. The third-order valence-electron chi connectivity index (χ3n) is 6.42. The van der Waals surface area contributed by atoms with E-state index < -0.39 is 34.4 Å². The van der Waals surface area contributed by atoms with Gasteiger partial charge in [0.05, 0.1) is 17.8 Å². The van der Waals surface area contributed by atoms with Crippen LogP contribution >= 0.6 is 0 Å². The third kappa shape index (κ3) is 7.43. The number of nitrogens with zero attached hydrogens (tertiary/aromatic N) is 1. The molecular formula is C29H35FN4O6S. The lowest BCUT2D eigenvalue weighted by atomic mass is 10.0. The van der Waals surface area contributed by atoms with Crippen molar-refractivity contribution in [3.05, 3.63) is 53.3 Å². The van der Waals surface area contributed by atoms with Crippen LogP contribution in [0, 0.1) is 5.82 Å². The number of nitrogens with one attached hydrogen (secondary N) is 3. The number of fused-ring (bicyclic) bond motifs is 1. The van der Waals surface area contributed by atoms with Crippen LogP contribution in [0.3, 0.4) is 0 Å². The predicted octanol–water partition coefficient (Wildman–Crippen LogP) is 4.22. The van der Waals surface area contributed by atoms with E-state index in [1.54, 1.807) is 49.5 Å². The number of amides is 3. The quantitative estimate of drug-likeness (QED) is 0.326. The molecule has 2 aromatic carbocycles. The second-order valence-corrected chi connectivity index (χ2v) is 12.1. The Kier molecular flexibility index (Phi) is 9.01. The molecule has 1 aliphatic rings. The number of carbonyl (C=O) groups excluding carboxylic acids is 3. The van der Waals surface area contributed by atoms with E-state index in [-0.39, 0.29) is 31.5 Å². The van der Waals surface area contributed by atoms with Gasteiger partial charge in [-0.15, -0.1) is 0 Å². The van der Waals surface area contributed by atoms with E-state index in [1.807, 2.05) is 6.07 Å². The molecule has 0 radical (unpaired) electrons. The van der Waals surface area contributed by atoms with Gasteiger partial charge < -0.3 is 25.1 Å². The van der Waals surface area contributed by atoms with Crippen molar-refractivity contribution in [3.63, 3.8) is 0 Å². The molecular weight excluding hydrogens is 551 g/mol. The van der Waals surface area contributed by atoms with Gasteiger partial charge in [0.25, 0.3) is 5.91 Å². The van der Waals surface area contributed by atoms with E-state index in [9.17, 15) is 23.0 Å². The minimum atomic E-state index is -1.45. The van der Waals surface area contributed by atoms with Crippen LogP contribution in [-0.4, -0.2) is 60.7 Å². The topological polar surface area (TPSA) is 130 Å². The van der Waals surface area contributed by atoms with Gasteiger partial charge >= 0.3 is 6.09 Å². The number of rotatable bonds is 10. The predicted molar refractivity (Wildman–Crippen MR) is 156 cm³/mol. The Morgan fingerprint density at radius 3 is 2.39 bits per heavy atom. The molecule has 1 fully saturated rings. The number of alkyl carbamates (subject to hydrolysis) is 1. The van der Waals surface area contributed by atoms with Crippen LogP contribution in [0.1, 0.15) is 55.5 Å². The highest BCUT2D eigenvalue weighted by Crippen LogP contribution is 2.47. The number of hydrogen-bond acceptors (Lipinski definition) is 6. The third-order valence-corrected chi connectivity index (χ3v) is 7.42. The first-order chi connectivity index (χ1) is 19.4. The molecule has 1 saturated carbocycles. The summed E-state index contributed by atoms with van der Waals surface area (Å²) in [6.45, 7) is 5.31. The molecule has 0 saturated heterocycles. The van der Waals surface area contributed by atoms with Gasteiger partial charge in [-0.25, -0.2) is 13.4 Å². The van der Waals surface area contributed by atoms with Crippen LogP contribution in [-0.2, 0) is 20.5 Å². The van der Waals surface area contributed by atoms with Gasteiger partial charge in [-0.1, -0.05) is 0 Å². The minimum absolute atomic E-state index is 0.166. The number of ether oxygens (including phenoxy) is 1. The van der Waals surface area contributed by atoms with Crippen molar-refractivity contribution in [1.29, 1.82) is 0 Å². The van der Waals surface area contributed by atoms with E-state index in [0.717, 1.165) is 18.4 Å². The average molecular weight is 587 g/mol. The summed E-state index contributed by atoms with van der Waals surface area (Å²) in [7, 11) is 0.0814. The molecule has 1 atom stereocenters. The van der Waals surface area contributed by atoms with Gasteiger partial charge in [0.2, 0.25) is 5.91 Å². The molecule has 3 N–H and O–H groups in total. The molecule has 12 heteroatoms. The van der Waals surface area contributed by atoms with Gasteiger partial charge in [0.1, 0.15) is 33.7 Å². The number of anilines is 1. The number of benzene rings is 2. The molecule has 0 aliphatic heterocycles. The number of hydrogen-bond donors (Lipinski definition) is 3. The first-order valence-electron chi connectivity index (χ1n) is 13.3. The fourth-order valence-electron chi connectivity index (χ4n) is 4.45. The van der Waals surface area contributed by atoms with Crippen molar-refractivity contribution in [2.75, 3.05) is 37.2 Å². The molecule has 3 aromatic rings. The van der Waals surface area contributed by atoms with Crippen LogP contribution in [0.5, 0.6) is 0 Å². The maximum absolute atomic E-state index is 13.6. The monoisotopic (exact) mass is 586 g/mol. The Morgan fingerprint density at radius 1 is 1.12 bits per heavy atom. The van der Waals surface area contributed by atoms with Crippen LogP contribution in [0.2, 0.25) is 0 Å². The maximum Gasteiger partial charge on any atom is 0.408 e. The molecule has 1 aromatic heterocycles. The summed E-state index contributed by atoms with van der Waals surface area (Å²) in [5.74, 6) is -0.614. The SMILES string of the molecule is CNC(=O)c1c(-c2ccc(F)cc2)oc2cc(N(CCNC(=O)CNC(=O)OC(C)(C)C)S(C)=O)c(C3CC3)cc12. The minimum Gasteiger partial charge on any atom is -0.455 e. The zero-order chi connectivity index (χ0) is 29.9. The summed E-state index contributed by atoms with van der Waals surface area (Å²) in [5.41, 5.74) is 2.25. The second kappa shape index (κ2) is 12.3. The molecule has 41 heavy (non-hydrogen) atoms. The fourth-order valence-corrected chi connectivity index (χ4v) is 5.24. The van der Waals surface area contributed by atoms with Gasteiger partial charge in [0.15, 0.2) is 0 Å². The van der Waals surface area contributed by atoms with Crippen molar-refractivity contribution in [2.45, 2.75) is 45.1 Å². The van der Waals surface area contributed by atoms with Crippen LogP contribution < -0.4 is 20.3 Å². The van der Waals surface area contributed by atoms with Crippen molar-refractivity contribution >= 4 is 45.5 Å². The Balaban J connectivity index is 1.59. The summed E-state index contributed by atoms with van der Waals surface area (Å²) < 4.78 is 39.5. The van der Waals surface area contributed by atoms with Gasteiger partial charge in [0, 0.05) is 43.4 Å². The Hall–Kier alpha value is -3.93. The average Bonchev–Trinajstić information content (AvgIpc) is 3.68. The maximum atomic E-state index is 13.6. The van der Waals surface area contributed by atoms with E-state index in [0.29, 0.717) is 33.5 Å². The van der Waals surface area contributed by atoms with E-state index in [4.69, 9.17) is 9.15 Å². The number of furan rings is 1. The normalized spacial score (nSPS) is 13.9. The smallest absolute Gasteiger partial charge is 0.408 e. The van der Waals surface area contributed by atoms with Crippen LogP contribution in [0.25, 0.3) is 22.3 Å². The molecule has 1 aliphatic carbocycles. The standard InChI is InChI=1S/C29H35FN4O6S/c1-29(2,3)40-28(37)33-16-24(35)32-12-13-34(41(5)38)22-15-23-21(14-20(22)17-6-7-17)25(27(36)31-4)26(39-23)18-8-10-19(30)11-9-18/h8-11,14-15,17H,6-7,12-13,16H2,1-5H3,(H,31,36)(H,32,35)(H,33,37). The van der Waals surface area contributed by atoms with Crippen molar-refractivity contribution in [3.8, 4) is 11.3 Å². The number of halogens is 1. The van der Waals surface area contributed by atoms with E-state index in [1.165, 1.54) is 19.2 Å². The van der Waals surface area contributed by atoms with Crippen molar-refractivity contribution in [2.24, 2.45) is 0 Å². The molecule has 0 bridgehead atoms. The van der Waals surface area contributed by atoms with Gasteiger partial charge in [-0.05, 0) is 75.4 Å². The first kappa shape index (κ1) is 30.0. The summed E-state index contributed by atoms with van der Waals surface area (Å²) in [6.07, 6.45) is 2.76. The van der Waals surface area contributed by atoms with E-state index >= 15 is 0 Å². The molecule has 3 amide bonds. The van der Waals surface area contributed by atoms with E-state index in [2.05, 4.69) is 16.0 Å². The summed E-state index contributed by atoms with van der Waals surface area (Å²) in [4.78, 5) is 37.1. The first-order valence-corrected chi connectivity index (χ1v) is 14.8. The Bertz CT molecular complexity index is 1480. The Morgan fingerprint density at radius 2 is 1.80 bits per heavy atom. The zero-order valence-electron chi connectivity index (χ0n) is 23.8. The highest BCUT2D eigenvalue weighted by Gasteiger charge is 2.32. The van der Waals surface area contributed by atoms with Gasteiger partial charge in [-0.2, -0.15) is 0 Å². The molecule has 1 heterocycles. The molecule has 4 rings (SSSR count). The van der Waals surface area contributed by atoms with Crippen molar-refractivity contribution < 1.29 is 32.1 Å². The molecule has 1 unspecified atom stereocenters. The van der Waals surface area contributed by atoms with Gasteiger partial charge in [-0.3, -0.25) is 13.9 Å². The molecule has 10 nitrogen and oxygen atoms in total. The largest absolute Gasteiger partial charge is 0.455 e. The lowest BCUT2D eigenvalue weighted by Crippen LogP contribution is -2.42. The zero-order valence-corrected chi connectivity index (χ0v) is 24.6. The fraction of sp³-hybridized carbons (Fsp3) is 0.414. The summed E-state index contributed by atoms with van der Waals surface area (Å²) >= 11 is 0.